The maximum atomic E-state index is 9.34. The van der Waals surface area contributed by atoms with Crippen molar-refractivity contribution >= 4 is 0 Å². The Labute approximate surface area is 127 Å². The molecule has 0 aliphatic carbocycles. The molecule has 0 spiro atoms. The molecule has 0 aliphatic heterocycles. The van der Waals surface area contributed by atoms with Gasteiger partial charge >= 0.3 is 0 Å². The van der Waals surface area contributed by atoms with Gasteiger partial charge in [-0.25, -0.2) is 0 Å². The van der Waals surface area contributed by atoms with E-state index in [4.69, 9.17) is 0 Å². The molecule has 2 aromatic rings. The van der Waals surface area contributed by atoms with Crippen LogP contribution in [-0.4, -0.2) is 5.11 Å². The molecule has 2 N–H and O–H groups in total. The fourth-order valence-electron chi connectivity index (χ4n) is 2.46. The minimum Gasteiger partial charge on any atom is -0.508 e. The van der Waals surface area contributed by atoms with Crippen LogP contribution in [0.3, 0.4) is 0 Å². The molecule has 0 fully saturated rings. The summed E-state index contributed by atoms with van der Waals surface area (Å²) in [7, 11) is 0. The molecule has 0 aromatic heterocycles. The average molecular weight is 283 g/mol. The highest BCUT2D eigenvalue weighted by atomic mass is 16.3. The average Bonchev–Trinajstić information content (AvgIpc) is 2.45. The van der Waals surface area contributed by atoms with Gasteiger partial charge in [0.1, 0.15) is 5.75 Å². The molecular formula is C19H25NO. The van der Waals surface area contributed by atoms with Gasteiger partial charge < -0.3 is 10.4 Å². The summed E-state index contributed by atoms with van der Waals surface area (Å²) in [4.78, 5) is 0. The van der Waals surface area contributed by atoms with Crippen LogP contribution in [0.1, 0.15) is 44.4 Å². The van der Waals surface area contributed by atoms with Crippen molar-refractivity contribution in [2.45, 2.75) is 39.8 Å². The summed E-state index contributed by atoms with van der Waals surface area (Å²) >= 11 is 0. The smallest absolute Gasteiger partial charge is 0.115 e. The number of benzene rings is 2. The van der Waals surface area contributed by atoms with Crippen molar-refractivity contribution in [1.29, 1.82) is 0 Å². The second-order valence-electron chi connectivity index (χ2n) is 6.78. The summed E-state index contributed by atoms with van der Waals surface area (Å²) in [5.41, 5.74) is 2.77. The first-order valence-electron chi connectivity index (χ1n) is 7.50. The molecule has 1 atom stereocenters. The highest BCUT2D eigenvalue weighted by molar-refractivity contribution is 5.26. The first-order valence-corrected chi connectivity index (χ1v) is 7.50. The van der Waals surface area contributed by atoms with E-state index in [-0.39, 0.29) is 5.41 Å². The highest BCUT2D eigenvalue weighted by Crippen LogP contribution is 2.29. The third kappa shape index (κ3) is 5.24. The lowest BCUT2D eigenvalue weighted by Crippen LogP contribution is -2.25. The Bertz CT molecular complexity index is 540. The zero-order valence-corrected chi connectivity index (χ0v) is 13.1. The van der Waals surface area contributed by atoms with E-state index < -0.39 is 0 Å². The Morgan fingerprint density at radius 3 is 2.14 bits per heavy atom. The number of rotatable bonds is 5. The van der Waals surface area contributed by atoms with Gasteiger partial charge in [-0.05, 0) is 35.1 Å². The monoisotopic (exact) mass is 283 g/mol. The van der Waals surface area contributed by atoms with Gasteiger partial charge in [0.15, 0.2) is 0 Å². The summed E-state index contributed by atoms with van der Waals surface area (Å²) in [6, 6.07) is 18.3. The lowest BCUT2D eigenvalue weighted by atomic mass is 9.85. The van der Waals surface area contributed by atoms with Gasteiger partial charge in [0.25, 0.3) is 0 Å². The molecule has 0 bridgehead atoms. The van der Waals surface area contributed by atoms with Crippen molar-refractivity contribution in [2.24, 2.45) is 5.41 Å². The van der Waals surface area contributed by atoms with Gasteiger partial charge in [0.05, 0.1) is 0 Å². The van der Waals surface area contributed by atoms with Gasteiger partial charge in [0, 0.05) is 12.6 Å². The van der Waals surface area contributed by atoms with Crippen LogP contribution in [0.25, 0.3) is 0 Å². The quantitative estimate of drug-likeness (QED) is 0.836. The highest BCUT2D eigenvalue weighted by Gasteiger charge is 2.19. The van der Waals surface area contributed by atoms with E-state index in [1.54, 1.807) is 12.1 Å². The number of hydrogen-bond donors (Lipinski definition) is 2. The molecular weight excluding hydrogens is 258 g/mol. The first-order chi connectivity index (χ1) is 9.94. The topological polar surface area (TPSA) is 32.3 Å². The van der Waals surface area contributed by atoms with Crippen LogP contribution in [0.15, 0.2) is 54.6 Å². The minimum absolute atomic E-state index is 0.266. The van der Waals surface area contributed by atoms with Gasteiger partial charge in [0.2, 0.25) is 0 Å². The first kappa shape index (κ1) is 15.6. The van der Waals surface area contributed by atoms with Crippen molar-refractivity contribution in [3.05, 3.63) is 65.7 Å². The van der Waals surface area contributed by atoms with Crippen molar-refractivity contribution < 1.29 is 5.11 Å². The van der Waals surface area contributed by atoms with Gasteiger partial charge in [-0.15, -0.1) is 0 Å². The molecule has 0 radical (unpaired) electrons. The van der Waals surface area contributed by atoms with Crippen molar-refractivity contribution in [3.8, 4) is 5.75 Å². The van der Waals surface area contributed by atoms with Crippen molar-refractivity contribution in [1.82, 2.24) is 5.32 Å². The summed E-state index contributed by atoms with van der Waals surface area (Å²) in [6.07, 6.45) is 1.08. The Hall–Kier alpha value is -1.80. The second-order valence-corrected chi connectivity index (χ2v) is 6.78. The standard InChI is InChI=1S/C19H25NO/c1-19(2,3)13-18(16-7-5-4-6-8-16)20-14-15-9-11-17(21)12-10-15/h4-12,18,20-21H,13-14H2,1-3H3. The van der Waals surface area contributed by atoms with Gasteiger partial charge in [-0.1, -0.05) is 63.2 Å². The molecule has 2 aromatic carbocycles. The Kier molecular flexibility index (Phi) is 5.03. The molecule has 1 unspecified atom stereocenters. The predicted octanol–water partition coefficient (Wildman–Crippen LogP) is 4.66. The molecule has 2 heteroatoms. The summed E-state index contributed by atoms with van der Waals surface area (Å²) in [5.74, 6) is 0.313. The SMILES string of the molecule is CC(C)(C)CC(NCc1ccc(O)cc1)c1ccccc1. The maximum Gasteiger partial charge on any atom is 0.115 e. The van der Waals surface area contributed by atoms with Crippen LogP contribution in [0.2, 0.25) is 0 Å². The second kappa shape index (κ2) is 6.77. The van der Waals surface area contributed by atoms with E-state index in [0.29, 0.717) is 11.8 Å². The molecule has 0 saturated carbocycles. The van der Waals surface area contributed by atoms with Gasteiger partial charge in [-0.2, -0.15) is 0 Å². The fraction of sp³-hybridized carbons (Fsp3) is 0.368. The molecule has 0 saturated heterocycles. The molecule has 112 valence electrons. The van der Waals surface area contributed by atoms with Crippen LogP contribution < -0.4 is 5.32 Å². The zero-order valence-electron chi connectivity index (χ0n) is 13.1. The molecule has 0 amide bonds. The van der Waals surface area contributed by atoms with Crippen LogP contribution in [-0.2, 0) is 6.54 Å². The van der Waals surface area contributed by atoms with Gasteiger partial charge in [-0.3, -0.25) is 0 Å². The Morgan fingerprint density at radius 2 is 1.57 bits per heavy atom. The largest absolute Gasteiger partial charge is 0.508 e. The van der Waals surface area contributed by atoms with Crippen molar-refractivity contribution in [3.63, 3.8) is 0 Å². The van der Waals surface area contributed by atoms with Crippen LogP contribution in [0.4, 0.5) is 0 Å². The zero-order chi connectivity index (χ0) is 15.3. The number of aromatic hydroxyl groups is 1. The van der Waals surface area contributed by atoms with E-state index >= 15 is 0 Å². The van der Waals surface area contributed by atoms with Crippen LogP contribution >= 0.6 is 0 Å². The molecule has 0 heterocycles. The number of phenols is 1. The lowest BCUT2D eigenvalue weighted by Gasteiger charge is -2.27. The van der Waals surface area contributed by atoms with Crippen molar-refractivity contribution in [2.75, 3.05) is 0 Å². The fourth-order valence-corrected chi connectivity index (χ4v) is 2.46. The summed E-state index contributed by atoms with van der Waals surface area (Å²) in [5, 5.41) is 13.0. The van der Waals surface area contributed by atoms with Crippen LogP contribution in [0, 0.1) is 5.41 Å². The Morgan fingerprint density at radius 1 is 0.952 bits per heavy atom. The van der Waals surface area contributed by atoms with E-state index in [1.165, 1.54) is 11.1 Å². The predicted molar refractivity (Wildman–Crippen MR) is 88.2 cm³/mol. The summed E-state index contributed by atoms with van der Waals surface area (Å²) < 4.78 is 0. The maximum absolute atomic E-state index is 9.34. The minimum atomic E-state index is 0.266. The normalized spacial score (nSPS) is 13.1. The lowest BCUT2D eigenvalue weighted by molar-refractivity contribution is 0.310. The molecule has 0 aliphatic rings. The van der Waals surface area contributed by atoms with Crippen LogP contribution in [0.5, 0.6) is 5.75 Å². The van der Waals surface area contributed by atoms with E-state index in [2.05, 4.69) is 56.4 Å². The number of hydrogen-bond acceptors (Lipinski definition) is 2. The van der Waals surface area contributed by atoms with E-state index in [1.807, 2.05) is 12.1 Å². The molecule has 21 heavy (non-hydrogen) atoms. The molecule has 2 rings (SSSR count). The third-order valence-electron chi connectivity index (χ3n) is 3.51. The number of nitrogens with one attached hydrogen (secondary N) is 1. The molecule has 2 nitrogen and oxygen atoms in total. The third-order valence-corrected chi connectivity index (χ3v) is 3.51. The van der Waals surface area contributed by atoms with E-state index in [9.17, 15) is 5.11 Å². The Balaban J connectivity index is 2.07. The summed E-state index contributed by atoms with van der Waals surface area (Å²) in [6.45, 7) is 7.61. The number of phenolic OH excluding ortho intramolecular Hbond substituents is 1. The van der Waals surface area contributed by atoms with E-state index in [0.717, 1.165) is 13.0 Å².